The zero-order chi connectivity index (χ0) is 15.1. The van der Waals surface area contributed by atoms with E-state index >= 15 is 0 Å². The molecular weight excluding hydrogens is 254 g/mol. The second kappa shape index (κ2) is 7.65. The number of para-hydroxylation sites is 1. The van der Waals surface area contributed by atoms with E-state index in [1.165, 1.54) is 0 Å². The number of hydrogen-bond donors (Lipinski definition) is 1. The maximum Gasteiger partial charge on any atom is 0.255 e. The van der Waals surface area contributed by atoms with Gasteiger partial charge >= 0.3 is 0 Å². The molecule has 0 atom stereocenters. The van der Waals surface area contributed by atoms with E-state index in [1.54, 1.807) is 36.0 Å². The number of nitrogens with one attached hydrogen (secondary N) is 1. The first-order valence-electron chi connectivity index (χ1n) is 6.78. The van der Waals surface area contributed by atoms with Gasteiger partial charge in [0.15, 0.2) is 0 Å². The maximum atomic E-state index is 12.4. The summed E-state index contributed by atoms with van der Waals surface area (Å²) in [6.07, 6.45) is 0.411. The molecule has 20 heavy (non-hydrogen) atoms. The summed E-state index contributed by atoms with van der Waals surface area (Å²) < 4.78 is 0. The van der Waals surface area contributed by atoms with Crippen molar-refractivity contribution in [3.8, 4) is 0 Å². The molecule has 110 valence electrons. The zero-order valence-electron chi connectivity index (χ0n) is 12.6. The van der Waals surface area contributed by atoms with Gasteiger partial charge in [0, 0.05) is 33.6 Å². The molecule has 0 aliphatic heterocycles. The van der Waals surface area contributed by atoms with Gasteiger partial charge in [-0.25, -0.2) is 0 Å². The lowest BCUT2D eigenvalue weighted by molar-refractivity contribution is -0.118. The van der Waals surface area contributed by atoms with E-state index in [0.29, 0.717) is 24.2 Å². The van der Waals surface area contributed by atoms with Crippen molar-refractivity contribution >= 4 is 17.5 Å². The summed E-state index contributed by atoms with van der Waals surface area (Å²) in [5.74, 6) is -0.0882. The van der Waals surface area contributed by atoms with E-state index in [0.717, 1.165) is 6.54 Å². The summed E-state index contributed by atoms with van der Waals surface area (Å²) in [6.45, 7) is 3.16. The Hall–Kier alpha value is -1.88. The lowest BCUT2D eigenvalue weighted by Crippen LogP contribution is -2.34. The van der Waals surface area contributed by atoms with E-state index in [2.05, 4.69) is 5.32 Å². The molecule has 2 amide bonds. The molecule has 0 unspecified atom stereocenters. The molecule has 5 nitrogen and oxygen atoms in total. The molecule has 5 heteroatoms. The van der Waals surface area contributed by atoms with Crippen LogP contribution in [0.3, 0.4) is 0 Å². The van der Waals surface area contributed by atoms with Gasteiger partial charge in [0.1, 0.15) is 0 Å². The van der Waals surface area contributed by atoms with Crippen molar-refractivity contribution in [2.24, 2.45) is 0 Å². The second-order valence-electron chi connectivity index (χ2n) is 4.65. The fourth-order valence-electron chi connectivity index (χ4n) is 1.91. The summed E-state index contributed by atoms with van der Waals surface area (Å²) in [7, 11) is 5.31. The summed E-state index contributed by atoms with van der Waals surface area (Å²) in [4.78, 5) is 27.5. The number of amides is 2. The van der Waals surface area contributed by atoms with Crippen LogP contribution in [0, 0.1) is 0 Å². The monoisotopic (exact) mass is 277 g/mol. The van der Waals surface area contributed by atoms with Gasteiger partial charge in [0.2, 0.25) is 5.91 Å². The van der Waals surface area contributed by atoms with Crippen molar-refractivity contribution in [2.45, 2.75) is 13.3 Å². The van der Waals surface area contributed by atoms with Crippen molar-refractivity contribution in [1.29, 1.82) is 0 Å². The predicted molar refractivity (Wildman–Crippen MR) is 81.0 cm³/mol. The Kier molecular flexibility index (Phi) is 6.18. The molecule has 0 spiro atoms. The molecule has 0 bridgehead atoms. The lowest BCUT2D eigenvalue weighted by Gasteiger charge is -2.23. The van der Waals surface area contributed by atoms with Gasteiger partial charge in [-0.2, -0.15) is 0 Å². The van der Waals surface area contributed by atoms with Crippen LogP contribution in [0.25, 0.3) is 0 Å². The van der Waals surface area contributed by atoms with Crippen LogP contribution in [-0.2, 0) is 4.79 Å². The van der Waals surface area contributed by atoms with Gasteiger partial charge in [-0.3, -0.25) is 9.59 Å². The van der Waals surface area contributed by atoms with Crippen molar-refractivity contribution in [3.63, 3.8) is 0 Å². The summed E-state index contributed by atoms with van der Waals surface area (Å²) in [5, 5.41) is 3.01. The highest BCUT2D eigenvalue weighted by atomic mass is 16.2. The SMILES string of the molecule is CCC(=O)N(C)c1ccccc1C(=O)N(C)CCNC. The third kappa shape index (κ3) is 3.81. The molecule has 0 fully saturated rings. The van der Waals surface area contributed by atoms with Gasteiger partial charge < -0.3 is 15.1 Å². The van der Waals surface area contributed by atoms with Crippen molar-refractivity contribution in [3.05, 3.63) is 29.8 Å². The molecule has 1 aromatic rings. The minimum Gasteiger partial charge on any atom is -0.340 e. The first-order chi connectivity index (χ1) is 9.52. The Morgan fingerprint density at radius 3 is 2.45 bits per heavy atom. The fraction of sp³-hybridized carbons (Fsp3) is 0.467. The molecule has 0 aromatic heterocycles. The normalized spacial score (nSPS) is 10.2. The number of anilines is 1. The number of hydrogen-bond acceptors (Lipinski definition) is 3. The number of likely N-dealkylation sites (N-methyl/N-ethyl adjacent to an activating group) is 2. The minimum absolute atomic E-state index is 0.0110. The smallest absolute Gasteiger partial charge is 0.255 e. The summed E-state index contributed by atoms with van der Waals surface area (Å²) in [5.41, 5.74) is 1.20. The molecule has 1 rings (SSSR count). The van der Waals surface area contributed by atoms with Gasteiger partial charge in [0.05, 0.1) is 11.3 Å². The van der Waals surface area contributed by atoms with E-state index in [9.17, 15) is 9.59 Å². The first-order valence-corrected chi connectivity index (χ1v) is 6.78. The van der Waals surface area contributed by atoms with Crippen LogP contribution in [-0.4, -0.2) is 50.9 Å². The topological polar surface area (TPSA) is 52.7 Å². The number of carbonyl (C=O) groups is 2. The Labute approximate surface area is 120 Å². The van der Waals surface area contributed by atoms with Crippen molar-refractivity contribution in [1.82, 2.24) is 10.2 Å². The molecule has 0 aliphatic rings. The Morgan fingerprint density at radius 1 is 1.20 bits per heavy atom. The van der Waals surface area contributed by atoms with Crippen LogP contribution < -0.4 is 10.2 Å². The van der Waals surface area contributed by atoms with Gasteiger partial charge in [-0.1, -0.05) is 19.1 Å². The molecular formula is C15H23N3O2. The average molecular weight is 277 g/mol. The highest BCUT2D eigenvalue weighted by Gasteiger charge is 2.19. The molecule has 0 radical (unpaired) electrons. The summed E-state index contributed by atoms with van der Waals surface area (Å²) in [6, 6.07) is 7.20. The third-order valence-corrected chi connectivity index (χ3v) is 3.22. The predicted octanol–water partition coefficient (Wildman–Crippen LogP) is 1.35. The minimum atomic E-state index is -0.0772. The lowest BCUT2D eigenvalue weighted by atomic mass is 10.1. The van der Waals surface area contributed by atoms with E-state index < -0.39 is 0 Å². The zero-order valence-corrected chi connectivity index (χ0v) is 12.6. The highest BCUT2D eigenvalue weighted by molar-refractivity contribution is 6.04. The van der Waals surface area contributed by atoms with Gasteiger partial charge in [0.25, 0.3) is 5.91 Å². The van der Waals surface area contributed by atoms with Gasteiger partial charge in [-0.05, 0) is 19.2 Å². The van der Waals surface area contributed by atoms with E-state index in [4.69, 9.17) is 0 Å². The summed E-state index contributed by atoms with van der Waals surface area (Å²) >= 11 is 0. The number of nitrogens with zero attached hydrogens (tertiary/aromatic N) is 2. The van der Waals surface area contributed by atoms with Crippen LogP contribution in [0.15, 0.2) is 24.3 Å². The highest BCUT2D eigenvalue weighted by Crippen LogP contribution is 2.21. The van der Waals surface area contributed by atoms with Crippen LogP contribution in [0.5, 0.6) is 0 Å². The quantitative estimate of drug-likeness (QED) is 0.854. The van der Waals surface area contributed by atoms with E-state index in [1.807, 2.05) is 26.1 Å². The molecule has 0 aliphatic carbocycles. The van der Waals surface area contributed by atoms with Crippen molar-refractivity contribution in [2.75, 3.05) is 39.1 Å². The Balaban J connectivity index is 3.00. The van der Waals surface area contributed by atoms with Gasteiger partial charge in [-0.15, -0.1) is 0 Å². The van der Waals surface area contributed by atoms with Crippen LogP contribution >= 0.6 is 0 Å². The molecule has 0 heterocycles. The molecule has 0 saturated carbocycles. The third-order valence-electron chi connectivity index (χ3n) is 3.22. The Bertz CT molecular complexity index is 474. The largest absolute Gasteiger partial charge is 0.340 e. The molecule has 1 N–H and O–H groups in total. The maximum absolute atomic E-state index is 12.4. The van der Waals surface area contributed by atoms with Crippen LogP contribution in [0.1, 0.15) is 23.7 Å². The Morgan fingerprint density at radius 2 is 1.85 bits per heavy atom. The van der Waals surface area contributed by atoms with Crippen LogP contribution in [0.2, 0.25) is 0 Å². The standard InChI is InChI=1S/C15H23N3O2/c1-5-14(19)18(4)13-9-7-6-8-12(13)15(20)17(3)11-10-16-2/h6-9,16H,5,10-11H2,1-4H3. The fourth-order valence-corrected chi connectivity index (χ4v) is 1.91. The number of carbonyl (C=O) groups excluding carboxylic acids is 2. The second-order valence-corrected chi connectivity index (χ2v) is 4.65. The first kappa shape index (κ1) is 16.2. The van der Waals surface area contributed by atoms with Crippen LogP contribution in [0.4, 0.5) is 5.69 Å². The molecule has 0 saturated heterocycles. The van der Waals surface area contributed by atoms with E-state index in [-0.39, 0.29) is 11.8 Å². The molecule has 1 aromatic carbocycles. The number of rotatable bonds is 6. The number of benzene rings is 1. The van der Waals surface area contributed by atoms with Crippen molar-refractivity contribution < 1.29 is 9.59 Å². The average Bonchev–Trinajstić information content (AvgIpc) is 2.50.